The Kier molecular flexibility index (Phi) is 7.81. The molecule has 7 heteroatoms. The van der Waals surface area contributed by atoms with E-state index >= 15 is 0 Å². The number of aromatic nitrogens is 2. The van der Waals surface area contributed by atoms with E-state index in [9.17, 15) is 9.59 Å². The van der Waals surface area contributed by atoms with Gasteiger partial charge in [-0.1, -0.05) is 43.5 Å². The smallest absolute Gasteiger partial charge is 0.224 e. The summed E-state index contributed by atoms with van der Waals surface area (Å²) >= 11 is 5.99. The van der Waals surface area contributed by atoms with Crippen molar-refractivity contribution in [3.63, 3.8) is 0 Å². The molecule has 0 fully saturated rings. The van der Waals surface area contributed by atoms with Gasteiger partial charge >= 0.3 is 0 Å². The number of carbonyl (C=O) groups is 2. The van der Waals surface area contributed by atoms with Crippen LogP contribution in [0.3, 0.4) is 0 Å². The van der Waals surface area contributed by atoms with E-state index in [1.807, 2.05) is 47.0 Å². The number of aldehydes is 1. The van der Waals surface area contributed by atoms with Gasteiger partial charge in [0, 0.05) is 50.4 Å². The first-order chi connectivity index (χ1) is 13.4. The minimum atomic E-state index is -0.152. The highest BCUT2D eigenvalue weighted by Crippen LogP contribution is 2.27. The number of anilines is 1. The Morgan fingerprint density at radius 1 is 1.25 bits per heavy atom. The van der Waals surface area contributed by atoms with Gasteiger partial charge in [0.25, 0.3) is 0 Å². The molecule has 1 amide bonds. The topological polar surface area (TPSA) is 58.4 Å². The fraction of sp³-hybridized carbons (Fsp3) is 0.381. The van der Waals surface area contributed by atoms with E-state index in [-0.39, 0.29) is 5.91 Å². The summed E-state index contributed by atoms with van der Waals surface area (Å²) in [5.74, 6) is 1.03. The van der Waals surface area contributed by atoms with E-state index in [0.717, 1.165) is 30.5 Å². The molecule has 0 atom stereocenters. The number of amides is 1. The van der Waals surface area contributed by atoms with Gasteiger partial charge in [0.05, 0.1) is 5.69 Å². The Bertz CT molecular complexity index is 843. The normalized spacial score (nSPS) is 11.4. The Balaban J connectivity index is 2.47. The summed E-state index contributed by atoms with van der Waals surface area (Å²) in [5, 5.41) is 0.667. The Morgan fingerprint density at radius 2 is 1.93 bits per heavy atom. The van der Waals surface area contributed by atoms with Crippen molar-refractivity contribution in [2.45, 2.75) is 33.1 Å². The Hall–Kier alpha value is -2.60. The third-order valence-electron chi connectivity index (χ3n) is 4.53. The van der Waals surface area contributed by atoms with Gasteiger partial charge in [-0.2, -0.15) is 0 Å². The van der Waals surface area contributed by atoms with E-state index < -0.39 is 0 Å². The molecule has 150 valence electrons. The lowest BCUT2D eigenvalue weighted by molar-refractivity contribution is -0.125. The van der Waals surface area contributed by atoms with Gasteiger partial charge in [-0.05, 0) is 18.6 Å². The van der Waals surface area contributed by atoms with Crippen LogP contribution in [-0.4, -0.2) is 40.2 Å². The van der Waals surface area contributed by atoms with E-state index in [1.54, 1.807) is 7.05 Å². The Morgan fingerprint density at radius 3 is 2.50 bits per heavy atom. The maximum absolute atomic E-state index is 12.0. The molecule has 0 spiro atoms. The van der Waals surface area contributed by atoms with Gasteiger partial charge in [-0.3, -0.25) is 14.5 Å². The van der Waals surface area contributed by atoms with Crippen molar-refractivity contribution in [2.75, 3.05) is 18.5 Å². The second-order valence-electron chi connectivity index (χ2n) is 6.64. The zero-order valence-electron chi connectivity index (χ0n) is 16.9. The van der Waals surface area contributed by atoms with Gasteiger partial charge in [0.1, 0.15) is 12.1 Å². The molecule has 1 aromatic carbocycles. The molecule has 0 bridgehead atoms. The maximum Gasteiger partial charge on any atom is 0.224 e. The minimum absolute atomic E-state index is 0.152. The number of hydrogen-bond donors (Lipinski definition) is 0. The first-order valence-corrected chi connectivity index (χ1v) is 9.73. The van der Waals surface area contributed by atoms with Crippen LogP contribution in [0.1, 0.15) is 33.1 Å². The van der Waals surface area contributed by atoms with Crippen molar-refractivity contribution < 1.29 is 9.59 Å². The predicted molar refractivity (Wildman–Crippen MR) is 113 cm³/mol. The molecule has 0 saturated carbocycles. The molecule has 2 aromatic rings. The number of unbranched alkanes of at least 4 members (excludes halogenated alkanes) is 2. The third kappa shape index (κ3) is 5.23. The van der Waals surface area contributed by atoms with Crippen molar-refractivity contribution in [3.05, 3.63) is 47.4 Å². The number of aryl methyl sites for hydroxylation is 1. The molecule has 0 unspecified atom stereocenters. The van der Waals surface area contributed by atoms with Gasteiger partial charge in [-0.15, -0.1) is 0 Å². The SMILES string of the molecule is CCCCCN(/C(=C\C=O)N(C)C(C)=O)c1nc(-c2ccc(Cl)cc2)cn1C. The maximum atomic E-state index is 12.0. The van der Waals surface area contributed by atoms with Crippen LogP contribution in [0.2, 0.25) is 5.02 Å². The molecule has 28 heavy (non-hydrogen) atoms. The van der Waals surface area contributed by atoms with E-state index in [4.69, 9.17) is 16.6 Å². The summed E-state index contributed by atoms with van der Waals surface area (Å²) in [4.78, 5) is 31.4. The van der Waals surface area contributed by atoms with Crippen LogP contribution < -0.4 is 4.90 Å². The summed E-state index contributed by atoms with van der Waals surface area (Å²) in [6.45, 7) is 4.25. The molecule has 0 radical (unpaired) electrons. The van der Waals surface area contributed by atoms with Crippen molar-refractivity contribution in [1.82, 2.24) is 14.5 Å². The molecule has 1 heterocycles. The third-order valence-corrected chi connectivity index (χ3v) is 4.78. The molecule has 0 aliphatic carbocycles. The minimum Gasteiger partial charge on any atom is -0.319 e. The molecule has 6 nitrogen and oxygen atoms in total. The number of nitrogens with zero attached hydrogens (tertiary/aromatic N) is 4. The first-order valence-electron chi connectivity index (χ1n) is 9.35. The number of rotatable bonds is 9. The molecule has 2 rings (SSSR count). The monoisotopic (exact) mass is 402 g/mol. The lowest BCUT2D eigenvalue weighted by Crippen LogP contribution is -2.38. The largest absolute Gasteiger partial charge is 0.319 e. The standard InChI is InChI=1S/C21H27ClN4O2/c1-5-6-7-13-26(20(12-14-27)25(4)16(2)28)21-23-19(15-24(21)3)17-8-10-18(22)11-9-17/h8-12,14-15H,5-7,13H2,1-4H3/b20-12-. The average molecular weight is 403 g/mol. The molecule has 0 aliphatic rings. The highest BCUT2D eigenvalue weighted by molar-refractivity contribution is 6.30. The van der Waals surface area contributed by atoms with Crippen molar-refractivity contribution >= 4 is 29.7 Å². The average Bonchev–Trinajstić information content (AvgIpc) is 3.05. The molecule has 0 N–H and O–H groups in total. The lowest BCUT2D eigenvalue weighted by atomic mass is 10.2. The number of benzene rings is 1. The molecule has 1 aromatic heterocycles. The van der Waals surface area contributed by atoms with Crippen LogP contribution >= 0.6 is 11.6 Å². The van der Waals surface area contributed by atoms with E-state index in [2.05, 4.69) is 6.92 Å². The zero-order valence-corrected chi connectivity index (χ0v) is 17.6. The van der Waals surface area contributed by atoms with Gasteiger partial charge in [-0.25, -0.2) is 4.98 Å². The molecular weight excluding hydrogens is 376 g/mol. The number of imidazole rings is 1. The summed E-state index contributed by atoms with van der Waals surface area (Å²) in [6.07, 6.45) is 7.07. The summed E-state index contributed by atoms with van der Waals surface area (Å²) in [7, 11) is 3.56. The second kappa shape index (κ2) is 10.1. The number of halogens is 1. The zero-order chi connectivity index (χ0) is 20.7. The van der Waals surface area contributed by atoms with Crippen LogP contribution in [0, 0.1) is 0 Å². The fourth-order valence-corrected chi connectivity index (χ4v) is 3.04. The Labute approximate surface area is 171 Å². The van der Waals surface area contributed by atoms with Crippen LogP contribution in [0.25, 0.3) is 11.3 Å². The predicted octanol–water partition coefficient (Wildman–Crippen LogP) is 4.26. The second-order valence-corrected chi connectivity index (χ2v) is 7.08. The van der Waals surface area contributed by atoms with Gasteiger partial charge in [0.2, 0.25) is 11.9 Å². The molecule has 0 saturated heterocycles. The highest BCUT2D eigenvalue weighted by Gasteiger charge is 2.22. The first kappa shape index (κ1) is 21.7. The number of hydrogen-bond acceptors (Lipinski definition) is 4. The van der Waals surface area contributed by atoms with Crippen molar-refractivity contribution in [2.24, 2.45) is 7.05 Å². The van der Waals surface area contributed by atoms with Gasteiger partial charge in [0.15, 0.2) is 0 Å². The highest BCUT2D eigenvalue weighted by atomic mass is 35.5. The number of carbonyl (C=O) groups excluding carboxylic acids is 2. The summed E-state index contributed by atoms with van der Waals surface area (Å²) < 4.78 is 1.91. The summed E-state index contributed by atoms with van der Waals surface area (Å²) in [5.41, 5.74) is 1.74. The van der Waals surface area contributed by atoms with Gasteiger partial charge < -0.3 is 9.47 Å². The van der Waals surface area contributed by atoms with E-state index in [1.165, 1.54) is 17.9 Å². The van der Waals surface area contributed by atoms with E-state index in [0.29, 0.717) is 29.6 Å². The fourth-order valence-electron chi connectivity index (χ4n) is 2.91. The van der Waals surface area contributed by atoms with Crippen LogP contribution in [-0.2, 0) is 16.6 Å². The van der Waals surface area contributed by atoms with Crippen LogP contribution in [0.15, 0.2) is 42.4 Å². The quantitative estimate of drug-likeness (QED) is 0.357. The van der Waals surface area contributed by atoms with Crippen LogP contribution in [0.5, 0.6) is 0 Å². The summed E-state index contributed by atoms with van der Waals surface area (Å²) in [6, 6.07) is 7.48. The number of allylic oxidation sites excluding steroid dienone is 1. The molecule has 0 aliphatic heterocycles. The lowest BCUT2D eigenvalue weighted by Gasteiger charge is -2.31. The van der Waals surface area contributed by atoms with Crippen molar-refractivity contribution in [1.29, 1.82) is 0 Å². The molecular formula is C21H27ClN4O2. The van der Waals surface area contributed by atoms with Crippen molar-refractivity contribution in [3.8, 4) is 11.3 Å². The van der Waals surface area contributed by atoms with Crippen LogP contribution in [0.4, 0.5) is 5.95 Å².